The van der Waals surface area contributed by atoms with Gasteiger partial charge < -0.3 is 9.47 Å². The summed E-state index contributed by atoms with van der Waals surface area (Å²) < 4.78 is 10.4. The lowest BCUT2D eigenvalue weighted by atomic mass is 10.1. The second kappa shape index (κ2) is 4.70. The van der Waals surface area contributed by atoms with Gasteiger partial charge in [-0.1, -0.05) is 30.8 Å². The van der Waals surface area contributed by atoms with Crippen molar-refractivity contribution in [3.8, 4) is 11.5 Å². The highest BCUT2D eigenvalue weighted by Crippen LogP contribution is 2.31. The molecule has 3 nitrogen and oxygen atoms in total. The third-order valence-electron chi connectivity index (χ3n) is 2.44. The van der Waals surface area contributed by atoms with Gasteiger partial charge in [-0.15, -0.1) is 0 Å². The molecule has 0 aliphatic rings. The molecule has 0 saturated carbocycles. The smallest absolute Gasteiger partial charge is 0.335 e. The van der Waals surface area contributed by atoms with Crippen molar-refractivity contribution < 1.29 is 14.3 Å². The van der Waals surface area contributed by atoms with E-state index in [9.17, 15) is 4.79 Å². The predicted molar refractivity (Wildman–Crippen MR) is 66.3 cm³/mol. The van der Waals surface area contributed by atoms with Crippen LogP contribution in [0.3, 0.4) is 0 Å². The Hall–Kier alpha value is -2.29. The van der Waals surface area contributed by atoms with Crippen molar-refractivity contribution in [2.45, 2.75) is 0 Å². The third kappa shape index (κ3) is 2.13. The van der Waals surface area contributed by atoms with E-state index in [0.717, 1.165) is 22.6 Å². The van der Waals surface area contributed by atoms with Crippen LogP contribution < -0.4 is 9.47 Å². The van der Waals surface area contributed by atoms with Crippen molar-refractivity contribution in [3.05, 3.63) is 49.1 Å². The molecular weight excluding hydrogens is 216 g/mol. The summed E-state index contributed by atoms with van der Waals surface area (Å²) in [6, 6.07) is 11.1. The fourth-order valence-electron chi connectivity index (χ4n) is 1.67. The van der Waals surface area contributed by atoms with Gasteiger partial charge in [-0.2, -0.15) is 0 Å². The Kier molecular flexibility index (Phi) is 3.10. The van der Waals surface area contributed by atoms with Crippen LogP contribution in [0.2, 0.25) is 0 Å². The molecule has 0 atom stereocenters. The van der Waals surface area contributed by atoms with Crippen LogP contribution in [0.5, 0.6) is 11.5 Å². The Morgan fingerprint density at radius 1 is 1.12 bits per heavy atom. The quantitative estimate of drug-likeness (QED) is 0.460. The van der Waals surface area contributed by atoms with Crippen LogP contribution in [0.15, 0.2) is 49.1 Å². The van der Waals surface area contributed by atoms with E-state index in [-0.39, 0.29) is 0 Å². The number of esters is 1. The van der Waals surface area contributed by atoms with Crippen molar-refractivity contribution in [1.82, 2.24) is 0 Å². The monoisotopic (exact) mass is 228 g/mol. The second-order valence-corrected chi connectivity index (χ2v) is 3.44. The van der Waals surface area contributed by atoms with Crippen LogP contribution in [-0.2, 0) is 4.79 Å². The van der Waals surface area contributed by atoms with Crippen molar-refractivity contribution in [2.24, 2.45) is 0 Å². The number of methoxy groups -OCH3 is 1. The maximum atomic E-state index is 11.2. The molecule has 0 N–H and O–H groups in total. The zero-order chi connectivity index (χ0) is 12.3. The van der Waals surface area contributed by atoms with Crippen molar-refractivity contribution in [2.75, 3.05) is 7.11 Å². The summed E-state index contributed by atoms with van der Waals surface area (Å²) in [5, 5.41) is 1.74. The van der Waals surface area contributed by atoms with Gasteiger partial charge in [-0.3, -0.25) is 0 Å². The van der Waals surface area contributed by atoms with Gasteiger partial charge in [-0.05, 0) is 12.1 Å². The zero-order valence-electron chi connectivity index (χ0n) is 9.47. The highest BCUT2D eigenvalue weighted by atomic mass is 16.5. The summed E-state index contributed by atoms with van der Waals surface area (Å²) in [7, 11) is 1.61. The first-order valence-corrected chi connectivity index (χ1v) is 5.16. The average Bonchev–Trinajstić information content (AvgIpc) is 2.38. The normalized spacial score (nSPS) is 9.94. The molecular formula is C14H12O3. The van der Waals surface area contributed by atoms with E-state index in [4.69, 9.17) is 9.47 Å². The van der Waals surface area contributed by atoms with Crippen LogP contribution in [0.4, 0.5) is 0 Å². The molecule has 2 aromatic carbocycles. The number of ether oxygens (including phenoxy) is 2. The Bertz CT molecular complexity index is 573. The number of rotatable bonds is 3. The zero-order valence-corrected chi connectivity index (χ0v) is 9.47. The highest BCUT2D eigenvalue weighted by molar-refractivity contribution is 5.95. The molecule has 0 unspecified atom stereocenters. The van der Waals surface area contributed by atoms with Gasteiger partial charge >= 0.3 is 5.97 Å². The van der Waals surface area contributed by atoms with Gasteiger partial charge in [0.2, 0.25) is 0 Å². The highest BCUT2D eigenvalue weighted by Gasteiger charge is 2.07. The Morgan fingerprint density at radius 3 is 2.29 bits per heavy atom. The molecule has 2 rings (SSSR count). The Balaban J connectivity index is 2.57. The number of benzene rings is 2. The summed E-state index contributed by atoms with van der Waals surface area (Å²) in [6.07, 6.45) is 1.14. The summed E-state index contributed by atoms with van der Waals surface area (Å²) in [5.74, 6) is 0.783. The third-order valence-corrected chi connectivity index (χ3v) is 2.44. The standard InChI is InChI=1S/C14H12O3/c1-3-14(15)17-13-9-5-6-10-11(13)7-4-8-12(10)16-2/h3-9H,1H2,2H3. The molecule has 0 aromatic heterocycles. The topological polar surface area (TPSA) is 35.5 Å². The molecule has 0 amide bonds. The first kappa shape index (κ1) is 11.2. The first-order valence-electron chi connectivity index (χ1n) is 5.16. The van der Waals surface area contributed by atoms with Crippen molar-refractivity contribution >= 4 is 16.7 Å². The van der Waals surface area contributed by atoms with Gasteiger partial charge in [-0.25, -0.2) is 4.79 Å². The van der Waals surface area contributed by atoms with E-state index in [1.807, 2.05) is 30.3 Å². The summed E-state index contributed by atoms with van der Waals surface area (Å²) in [5.41, 5.74) is 0. The molecule has 0 fully saturated rings. The van der Waals surface area contributed by atoms with Gasteiger partial charge in [0.15, 0.2) is 0 Å². The minimum atomic E-state index is -0.472. The molecule has 2 aromatic rings. The molecule has 0 spiro atoms. The lowest BCUT2D eigenvalue weighted by molar-refractivity contribution is -0.128. The molecule has 0 radical (unpaired) electrons. The maximum Gasteiger partial charge on any atom is 0.335 e. The molecule has 17 heavy (non-hydrogen) atoms. The van der Waals surface area contributed by atoms with E-state index in [0.29, 0.717) is 5.75 Å². The summed E-state index contributed by atoms with van der Waals surface area (Å²) in [6.45, 7) is 3.37. The molecule has 86 valence electrons. The molecule has 0 aliphatic heterocycles. The van der Waals surface area contributed by atoms with Crippen molar-refractivity contribution in [3.63, 3.8) is 0 Å². The molecule has 0 bridgehead atoms. The van der Waals surface area contributed by atoms with Gasteiger partial charge in [0, 0.05) is 16.8 Å². The van der Waals surface area contributed by atoms with Crippen LogP contribution >= 0.6 is 0 Å². The van der Waals surface area contributed by atoms with E-state index >= 15 is 0 Å². The van der Waals surface area contributed by atoms with E-state index in [1.54, 1.807) is 13.2 Å². The SMILES string of the molecule is C=CC(=O)Oc1cccc2c(OC)cccc12. The average molecular weight is 228 g/mol. The van der Waals surface area contributed by atoms with Crippen LogP contribution in [-0.4, -0.2) is 13.1 Å². The van der Waals surface area contributed by atoms with E-state index in [2.05, 4.69) is 6.58 Å². The lowest BCUT2D eigenvalue weighted by Gasteiger charge is -2.08. The van der Waals surface area contributed by atoms with Gasteiger partial charge in [0.1, 0.15) is 11.5 Å². The van der Waals surface area contributed by atoms with Crippen LogP contribution in [0, 0.1) is 0 Å². The number of fused-ring (bicyclic) bond motifs is 1. The van der Waals surface area contributed by atoms with E-state index in [1.165, 1.54) is 0 Å². The predicted octanol–water partition coefficient (Wildman–Crippen LogP) is 2.94. The number of hydrogen-bond donors (Lipinski definition) is 0. The number of hydrogen-bond acceptors (Lipinski definition) is 3. The fourth-order valence-corrected chi connectivity index (χ4v) is 1.67. The summed E-state index contributed by atoms with van der Waals surface area (Å²) >= 11 is 0. The Morgan fingerprint density at radius 2 is 1.71 bits per heavy atom. The van der Waals surface area contributed by atoms with Crippen LogP contribution in [0.25, 0.3) is 10.8 Å². The molecule has 3 heteroatoms. The number of carbonyl (C=O) groups is 1. The molecule has 0 saturated heterocycles. The minimum absolute atomic E-state index is 0.472. The largest absolute Gasteiger partial charge is 0.496 e. The van der Waals surface area contributed by atoms with Crippen molar-refractivity contribution in [1.29, 1.82) is 0 Å². The van der Waals surface area contributed by atoms with Gasteiger partial charge in [0.05, 0.1) is 7.11 Å². The lowest BCUT2D eigenvalue weighted by Crippen LogP contribution is -2.03. The maximum absolute atomic E-state index is 11.2. The van der Waals surface area contributed by atoms with Crippen LogP contribution in [0.1, 0.15) is 0 Å². The Labute approximate surface area is 99.3 Å². The minimum Gasteiger partial charge on any atom is -0.496 e. The molecule has 0 heterocycles. The fraction of sp³-hybridized carbons (Fsp3) is 0.0714. The number of carbonyl (C=O) groups excluding carboxylic acids is 1. The first-order chi connectivity index (χ1) is 8.26. The summed E-state index contributed by atoms with van der Waals surface area (Å²) in [4.78, 5) is 11.2. The van der Waals surface area contributed by atoms with Gasteiger partial charge in [0.25, 0.3) is 0 Å². The van der Waals surface area contributed by atoms with E-state index < -0.39 is 5.97 Å². The second-order valence-electron chi connectivity index (χ2n) is 3.44. The molecule has 0 aliphatic carbocycles.